The number of carbonyl (C=O) groups is 2. The molecule has 9 nitrogen and oxygen atoms in total. The first-order valence-electron chi connectivity index (χ1n) is 21.4. The van der Waals surface area contributed by atoms with Gasteiger partial charge in [-0.25, -0.2) is 4.57 Å². The van der Waals surface area contributed by atoms with E-state index in [2.05, 4.69) is 50.3 Å². The van der Waals surface area contributed by atoms with Crippen molar-refractivity contribution < 1.29 is 42.1 Å². The summed E-state index contributed by atoms with van der Waals surface area (Å²) in [6.45, 7) is 4.33. The van der Waals surface area contributed by atoms with Crippen LogP contribution in [0.3, 0.4) is 0 Å². The average molecular weight is 783 g/mol. The van der Waals surface area contributed by atoms with Crippen LogP contribution in [0.1, 0.15) is 168 Å². The zero-order valence-corrected chi connectivity index (χ0v) is 36.1. The molecule has 314 valence electrons. The first kappa shape index (κ1) is 52.0. The Bertz CT molecular complexity index is 1070. The molecule has 2 atom stereocenters. The van der Waals surface area contributed by atoms with Gasteiger partial charge in [-0.2, -0.15) is 0 Å². The molecule has 0 amide bonds. The maximum atomic E-state index is 12.7. The van der Waals surface area contributed by atoms with E-state index in [4.69, 9.17) is 18.5 Å². The zero-order valence-electron chi connectivity index (χ0n) is 35.2. The minimum atomic E-state index is -4.38. The first-order valence-corrected chi connectivity index (χ1v) is 22.9. The number of phosphoric acid groups is 1. The summed E-state index contributed by atoms with van der Waals surface area (Å²) in [5.41, 5.74) is 0. The quantitative estimate of drug-likeness (QED) is 0.0165. The van der Waals surface area contributed by atoms with Crippen molar-refractivity contribution in [1.82, 2.24) is 0 Å². The van der Waals surface area contributed by atoms with Crippen LogP contribution < -0.4 is 0 Å². The molecule has 0 aliphatic carbocycles. The number of likely N-dealkylation sites (N-methyl/N-ethyl adjacent to an activating group) is 1. The van der Waals surface area contributed by atoms with E-state index in [0.29, 0.717) is 17.4 Å². The normalized spacial score (nSPS) is 14.1. The van der Waals surface area contributed by atoms with Gasteiger partial charge < -0.3 is 18.9 Å². The highest BCUT2D eigenvalue weighted by atomic mass is 31.2. The third-order valence-electron chi connectivity index (χ3n) is 8.89. The Labute approximate surface area is 331 Å². The fourth-order valence-corrected chi connectivity index (χ4v) is 6.23. The van der Waals surface area contributed by atoms with Crippen molar-refractivity contribution in [3.05, 3.63) is 48.6 Å². The summed E-state index contributed by atoms with van der Waals surface area (Å²) in [6.07, 6.45) is 41.6. The van der Waals surface area contributed by atoms with E-state index in [1.807, 2.05) is 33.3 Å². The number of hydrogen-bond donors (Lipinski definition) is 1. The van der Waals surface area contributed by atoms with Crippen LogP contribution in [-0.2, 0) is 32.7 Å². The Morgan fingerprint density at radius 1 is 0.593 bits per heavy atom. The predicted octanol–water partition coefficient (Wildman–Crippen LogP) is 11.9. The molecule has 0 aromatic heterocycles. The molecule has 0 saturated heterocycles. The second kappa shape index (κ2) is 36.6. The molecule has 0 bridgehead atoms. The van der Waals surface area contributed by atoms with Gasteiger partial charge in [0.2, 0.25) is 0 Å². The molecule has 0 heterocycles. The van der Waals surface area contributed by atoms with Crippen LogP contribution in [0.2, 0.25) is 0 Å². The Morgan fingerprint density at radius 3 is 1.70 bits per heavy atom. The van der Waals surface area contributed by atoms with Crippen LogP contribution in [0.4, 0.5) is 0 Å². The van der Waals surface area contributed by atoms with Gasteiger partial charge in [0.05, 0.1) is 27.7 Å². The Hall–Kier alpha value is -2.03. The summed E-state index contributed by atoms with van der Waals surface area (Å²) in [6, 6.07) is 0. The molecule has 0 fully saturated rings. The number of carbonyl (C=O) groups excluding carboxylic acids is 2. The number of allylic oxidation sites excluding steroid dienone is 8. The highest BCUT2D eigenvalue weighted by molar-refractivity contribution is 7.47. The second-order valence-electron chi connectivity index (χ2n) is 15.4. The van der Waals surface area contributed by atoms with Gasteiger partial charge in [-0.15, -0.1) is 0 Å². The summed E-state index contributed by atoms with van der Waals surface area (Å²) in [5.74, 6) is -0.853. The molecule has 10 heteroatoms. The third kappa shape index (κ3) is 39.7. The summed E-state index contributed by atoms with van der Waals surface area (Å²) >= 11 is 0. The topological polar surface area (TPSA) is 108 Å². The van der Waals surface area contributed by atoms with E-state index in [1.54, 1.807) is 0 Å². The van der Waals surface area contributed by atoms with Gasteiger partial charge in [0.1, 0.15) is 19.8 Å². The summed E-state index contributed by atoms with van der Waals surface area (Å²) in [5, 5.41) is 0. The molecule has 0 aliphatic heterocycles. The van der Waals surface area contributed by atoms with Crippen molar-refractivity contribution in [2.24, 2.45) is 0 Å². The number of unbranched alkanes of at least 4 members (excludes halogenated alkanes) is 17. The van der Waals surface area contributed by atoms with Crippen LogP contribution in [-0.4, -0.2) is 74.9 Å². The van der Waals surface area contributed by atoms with Crippen LogP contribution in [0.5, 0.6) is 0 Å². The molecule has 1 N–H and O–H groups in total. The van der Waals surface area contributed by atoms with Gasteiger partial charge in [0, 0.05) is 12.8 Å². The van der Waals surface area contributed by atoms with Crippen molar-refractivity contribution in [1.29, 1.82) is 0 Å². The lowest BCUT2D eigenvalue weighted by Gasteiger charge is -2.24. The van der Waals surface area contributed by atoms with Crippen molar-refractivity contribution in [2.75, 3.05) is 47.5 Å². The molecule has 0 aromatic rings. The van der Waals surface area contributed by atoms with E-state index in [1.165, 1.54) is 89.9 Å². The molecule has 0 saturated carbocycles. The Morgan fingerprint density at radius 2 is 1.07 bits per heavy atom. The lowest BCUT2D eigenvalue weighted by Crippen LogP contribution is -2.37. The van der Waals surface area contributed by atoms with Crippen LogP contribution in [0.15, 0.2) is 48.6 Å². The number of ether oxygens (including phenoxy) is 2. The second-order valence-corrected chi connectivity index (χ2v) is 16.9. The molecule has 0 aliphatic rings. The molecular weight excluding hydrogens is 701 g/mol. The molecule has 0 aromatic carbocycles. The molecule has 1 unspecified atom stereocenters. The van der Waals surface area contributed by atoms with Crippen molar-refractivity contribution in [3.63, 3.8) is 0 Å². The highest BCUT2D eigenvalue weighted by Gasteiger charge is 2.27. The minimum Gasteiger partial charge on any atom is -0.462 e. The smallest absolute Gasteiger partial charge is 0.462 e. The van der Waals surface area contributed by atoms with Gasteiger partial charge in [0.25, 0.3) is 0 Å². The molecular formula is C44H81NO8P+. The van der Waals surface area contributed by atoms with E-state index in [9.17, 15) is 19.0 Å². The lowest BCUT2D eigenvalue weighted by molar-refractivity contribution is -0.870. The number of phosphoric ester groups is 1. The lowest BCUT2D eigenvalue weighted by atomic mass is 10.0. The standard InChI is InChI=1S/C44H80NO8P/c1-6-8-10-12-14-16-18-20-21-22-23-25-27-29-31-33-35-37-44(47)53-42(41-52-54(48,49)51-39-38-45(3,4)5)40-50-43(46)36-34-32-30-28-26-24-19-17-15-13-11-9-7-2/h14,16,20-21,23,25,27,29,42H,6-13,15,17-19,22,24,26,28,30-41H2,1-5H3/p+1/b16-14-,21-20-,25-23-,29-27-/t42-/m0/s1. The Kier molecular flexibility index (Phi) is 35.2. The van der Waals surface area contributed by atoms with Gasteiger partial charge in [0.15, 0.2) is 6.10 Å². The third-order valence-corrected chi connectivity index (χ3v) is 9.87. The highest BCUT2D eigenvalue weighted by Crippen LogP contribution is 2.43. The summed E-state index contributed by atoms with van der Waals surface area (Å²) < 4.78 is 34.2. The van der Waals surface area contributed by atoms with Gasteiger partial charge in [-0.05, 0) is 51.4 Å². The number of esters is 2. The van der Waals surface area contributed by atoms with Crippen LogP contribution in [0, 0.1) is 0 Å². The van der Waals surface area contributed by atoms with Crippen molar-refractivity contribution in [3.8, 4) is 0 Å². The van der Waals surface area contributed by atoms with E-state index in [-0.39, 0.29) is 32.0 Å². The van der Waals surface area contributed by atoms with Crippen LogP contribution >= 0.6 is 7.82 Å². The maximum absolute atomic E-state index is 12.7. The van der Waals surface area contributed by atoms with E-state index in [0.717, 1.165) is 44.9 Å². The molecule has 0 radical (unpaired) electrons. The number of rotatable bonds is 38. The van der Waals surface area contributed by atoms with Gasteiger partial charge >= 0.3 is 19.8 Å². The van der Waals surface area contributed by atoms with Crippen molar-refractivity contribution >= 4 is 19.8 Å². The predicted molar refractivity (Wildman–Crippen MR) is 224 cm³/mol. The van der Waals surface area contributed by atoms with Crippen molar-refractivity contribution in [2.45, 2.75) is 174 Å². The Balaban J connectivity index is 4.48. The fourth-order valence-electron chi connectivity index (χ4n) is 5.49. The van der Waals surface area contributed by atoms with Crippen LogP contribution in [0.25, 0.3) is 0 Å². The molecule has 0 rings (SSSR count). The SMILES string of the molecule is CCCCC/C=C\C/C=C\C/C=C\C=C/CCCCC(=O)O[C@@H](COC(=O)CCCCCCCCCCCCCCC)COP(=O)(O)OCC[N+](C)(C)C. The summed E-state index contributed by atoms with van der Waals surface area (Å²) in [4.78, 5) is 35.3. The number of hydrogen-bond acceptors (Lipinski definition) is 7. The molecule has 0 spiro atoms. The first-order chi connectivity index (χ1) is 26.0. The largest absolute Gasteiger partial charge is 0.472 e. The summed E-state index contributed by atoms with van der Waals surface area (Å²) in [7, 11) is 1.44. The maximum Gasteiger partial charge on any atom is 0.472 e. The van der Waals surface area contributed by atoms with Gasteiger partial charge in [-0.1, -0.05) is 152 Å². The minimum absolute atomic E-state index is 0.0221. The van der Waals surface area contributed by atoms with E-state index >= 15 is 0 Å². The number of nitrogens with zero attached hydrogens (tertiary/aromatic N) is 1. The molecule has 54 heavy (non-hydrogen) atoms. The van der Waals surface area contributed by atoms with E-state index < -0.39 is 26.5 Å². The number of quaternary nitrogens is 1. The fraction of sp³-hybridized carbons (Fsp3) is 0.773. The average Bonchev–Trinajstić information content (AvgIpc) is 3.12. The van der Waals surface area contributed by atoms with Gasteiger partial charge in [-0.3, -0.25) is 18.6 Å². The zero-order chi connectivity index (χ0) is 40.0. The monoisotopic (exact) mass is 783 g/mol.